The van der Waals surface area contributed by atoms with E-state index in [2.05, 4.69) is 26.1 Å². The molecule has 0 atom stereocenters. The molecule has 110 valence electrons. The van der Waals surface area contributed by atoms with E-state index in [0.29, 0.717) is 6.42 Å². The summed E-state index contributed by atoms with van der Waals surface area (Å²) in [6.45, 7) is 6.47. The van der Waals surface area contributed by atoms with Crippen molar-refractivity contribution in [1.29, 1.82) is 0 Å². The minimum absolute atomic E-state index is 0.0656. The van der Waals surface area contributed by atoms with Gasteiger partial charge in [0.2, 0.25) is 5.91 Å². The number of hydrogen-bond acceptors (Lipinski definition) is 2. The second-order valence-corrected chi connectivity index (χ2v) is 6.22. The zero-order valence-electron chi connectivity index (χ0n) is 12.7. The fourth-order valence-corrected chi connectivity index (χ4v) is 2.06. The molecule has 0 aromatic heterocycles. The quantitative estimate of drug-likeness (QED) is 0.898. The molecular weight excluding hydrogens is 262 g/mol. The molecule has 0 saturated heterocycles. The van der Waals surface area contributed by atoms with Crippen molar-refractivity contribution in [1.82, 2.24) is 0 Å². The van der Waals surface area contributed by atoms with Gasteiger partial charge in [0.1, 0.15) is 5.75 Å². The van der Waals surface area contributed by atoms with Crippen LogP contribution >= 0.6 is 0 Å². The topological polar surface area (TPSA) is 49.3 Å². The van der Waals surface area contributed by atoms with Crippen LogP contribution in [0.5, 0.6) is 5.75 Å². The van der Waals surface area contributed by atoms with E-state index in [0.717, 1.165) is 11.3 Å². The number of nitrogens with one attached hydrogen (secondary N) is 1. The fraction of sp³-hybridized carbons (Fsp3) is 0.278. The van der Waals surface area contributed by atoms with Crippen molar-refractivity contribution in [2.24, 2.45) is 0 Å². The Balaban J connectivity index is 1.98. The van der Waals surface area contributed by atoms with Crippen molar-refractivity contribution in [3.63, 3.8) is 0 Å². The highest BCUT2D eigenvalue weighted by Crippen LogP contribution is 2.23. The Hall–Kier alpha value is -2.29. The number of hydrogen-bond donors (Lipinski definition) is 2. The van der Waals surface area contributed by atoms with Crippen molar-refractivity contribution in [3.05, 3.63) is 59.7 Å². The number of carbonyl (C=O) groups is 1. The van der Waals surface area contributed by atoms with Crippen LogP contribution in [0, 0.1) is 0 Å². The third kappa shape index (κ3) is 4.35. The minimum Gasteiger partial charge on any atom is -0.508 e. The van der Waals surface area contributed by atoms with Crippen LogP contribution in [0.15, 0.2) is 48.5 Å². The Labute approximate surface area is 125 Å². The van der Waals surface area contributed by atoms with Crippen LogP contribution in [0.1, 0.15) is 31.9 Å². The number of phenols is 1. The van der Waals surface area contributed by atoms with Gasteiger partial charge in [-0.3, -0.25) is 4.79 Å². The number of carbonyl (C=O) groups excluding carboxylic acids is 1. The normalized spacial score (nSPS) is 11.2. The molecule has 1 amide bonds. The zero-order chi connectivity index (χ0) is 15.5. The largest absolute Gasteiger partial charge is 0.508 e. The molecule has 0 unspecified atom stereocenters. The summed E-state index contributed by atoms with van der Waals surface area (Å²) in [6, 6.07) is 14.6. The van der Waals surface area contributed by atoms with Gasteiger partial charge in [0, 0.05) is 5.69 Å². The van der Waals surface area contributed by atoms with E-state index in [4.69, 9.17) is 0 Å². The lowest BCUT2D eigenvalue weighted by atomic mass is 9.87. The molecule has 0 bridgehead atoms. The molecule has 3 heteroatoms. The third-order valence-corrected chi connectivity index (χ3v) is 3.34. The maximum Gasteiger partial charge on any atom is 0.228 e. The predicted octanol–water partition coefficient (Wildman–Crippen LogP) is 3.87. The summed E-state index contributed by atoms with van der Waals surface area (Å²) in [5.74, 6) is 0.140. The van der Waals surface area contributed by atoms with Crippen LogP contribution in [0.25, 0.3) is 0 Å². The van der Waals surface area contributed by atoms with Gasteiger partial charge in [-0.05, 0) is 40.8 Å². The van der Waals surface area contributed by atoms with Crippen LogP contribution in [-0.2, 0) is 16.6 Å². The highest BCUT2D eigenvalue weighted by molar-refractivity contribution is 5.92. The highest BCUT2D eigenvalue weighted by Gasteiger charge is 2.13. The summed E-state index contributed by atoms with van der Waals surface area (Å²) in [5.41, 5.74) is 3.01. The van der Waals surface area contributed by atoms with Crippen LogP contribution in [-0.4, -0.2) is 11.0 Å². The number of phenolic OH excluding ortho intramolecular Hbond substituents is 1. The summed E-state index contributed by atoms with van der Waals surface area (Å²) in [7, 11) is 0. The number of anilines is 1. The fourth-order valence-electron chi connectivity index (χ4n) is 2.06. The van der Waals surface area contributed by atoms with Gasteiger partial charge in [-0.25, -0.2) is 0 Å². The molecule has 0 radical (unpaired) electrons. The van der Waals surface area contributed by atoms with E-state index in [1.54, 1.807) is 24.3 Å². The van der Waals surface area contributed by atoms with E-state index in [-0.39, 0.29) is 17.1 Å². The summed E-state index contributed by atoms with van der Waals surface area (Å²) in [5, 5.41) is 12.1. The van der Waals surface area contributed by atoms with Crippen molar-refractivity contribution in [3.8, 4) is 5.75 Å². The van der Waals surface area contributed by atoms with Crippen molar-refractivity contribution in [2.75, 3.05) is 5.32 Å². The lowest BCUT2D eigenvalue weighted by molar-refractivity contribution is -0.115. The van der Waals surface area contributed by atoms with E-state index in [1.807, 2.05) is 24.3 Å². The second kappa shape index (κ2) is 6.00. The number of amides is 1. The highest BCUT2D eigenvalue weighted by atomic mass is 16.3. The Kier molecular flexibility index (Phi) is 4.32. The van der Waals surface area contributed by atoms with Crippen molar-refractivity contribution in [2.45, 2.75) is 32.6 Å². The molecule has 0 fully saturated rings. The first-order valence-corrected chi connectivity index (χ1v) is 7.03. The summed E-state index contributed by atoms with van der Waals surface area (Å²) < 4.78 is 0. The predicted molar refractivity (Wildman–Crippen MR) is 85.6 cm³/mol. The molecule has 2 aromatic rings. The van der Waals surface area contributed by atoms with Gasteiger partial charge >= 0.3 is 0 Å². The van der Waals surface area contributed by atoms with Gasteiger partial charge in [-0.1, -0.05) is 45.0 Å². The maximum atomic E-state index is 12.0. The molecule has 0 aliphatic heterocycles. The van der Waals surface area contributed by atoms with E-state index < -0.39 is 0 Å². The summed E-state index contributed by atoms with van der Waals surface area (Å²) >= 11 is 0. The summed E-state index contributed by atoms with van der Waals surface area (Å²) in [6.07, 6.45) is 0.293. The van der Waals surface area contributed by atoms with Gasteiger partial charge in [0.25, 0.3) is 0 Å². The first kappa shape index (κ1) is 15.1. The average molecular weight is 283 g/mol. The summed E-state index contributed by atoms with van der Waals surface area (Å²) in [4.78, 5) is 12.0. The lowest BCUT2D eigenvalue weighted by Gasteiger charge is -2.19. The molecule has 0 aliphatic carbocycles. The SMILES string of the molecule is CC(C)(C)c1ccc(NC(=O)Cc2ccc(O)cc2)cc1. The Bertz CT molecular complexity index is 607. The number of benzene rings is 2. The van der Waals surface area contributed by atoms with E-state index in [9.17, 15) is 9.90 Å². The molecular formula is C18H21NO2. The molecule has 2 N–H and O–H groups in total. The monoisotopic (exact) mass is 283 g/mol. The molecule has 3 nitrogen and oxygen atoms in total. The van der Waals surface area contributed by atoms with Gasteiger partial charge < -0.3 is 10.4 Å². The molecule has 21 heavy (non-hydrogen) atoms. The van der Waals surface area contributed by atoms with Gasteiger partial charge in [-0.2, -0.15) is 0 Å². The molecule has 2 rings (SSSR count). The Morgan fingerprint density at radius 2 is 1.57 bits per heavy atom. The third-order valence-electron chi connectivity index (χ3n) is 3.34. The van der Waals surface area contributed by atoms with Crippen LogP contribution < -0.4 is 5.32 Å². The molecule has 0 saturated carbocycles. The van der Waals surface area contributed by atoms with Gasteiger partial charge in [0.05, 0.1) is 6.42 Å². The van der Waals surface area contributed by atoms with Crippen LogP contribution in [0.2, 0.25) is 0 Å². The van der Waals surface area contributed by atoms with Crippen molar-refractivity contribution < 1.29 is 9.90 Å². The average Bonchev–Trinajstić information content (AvgIpc) is 2.41. The smallest absolute Gasteiger partial charge is 0.228 e. The number of rotatable bonds is 3. The first-order chi connectivity index (χ1) is 9.84. The first-order valence-electron chi connectivity index (χ1n) is 7.03. The second-order valence-electron chi connectivity index (χ2n) is 6.22. The molecule has 0 heterocycles. The van der Waals surface area contributed by atoms with Gasteiger partial charge in [0.15, 0.2) is 0 Å². The zero-order valence-corrected chi connectivity index (χ0v) is 12.7. The maximum absolute atomic E-state index is 12.0. The molecule has 0 aliphatic rings. The Morgan fingerprint density at radius 1 is 1.00 bits per heavy atom. The molecule has 2 aromatic carbocycles. The number of aromatic hydroxyl groups is 1. The van der Waals surface area contributed by atoms with E-state index >= 15 is 0 Å². The van der Waals surface area contributed by atoms with Crippen molar-refractivity contribution >= 4 is 11.6 Å². The van der Waals surface area contributed by atoms with Crippen LogP contribution in [0.4, 0.5) is 5.69 Å². The van der Waals surface area contributed by atoms with Crippen LogP contribution in [0.3, 0.4) is 0 Å². The van der Waals surface area contributed by atoms with E-state index in [1.165, 1.54) is 5.56 Å². The lowest BCUT2D eigenvalue weighted by Crippen LogP contribution is -2.15. The molecule has 0 spiro atoms. The minimum atomic E-state index is -0.0656. The Morgan fingerprint density at radius 3 is 2.10 bits per heavy atom. The van der Waals surface area contributed by atoms with Gasteiger partial charge in [-0.15, -0.1) is 0 Å². The standard InChI is InChI=1S/C18H21NO2/c1-18(2,3)14-6-8-15(9-7-14)19-17(21)12-13-4-10-16(20)11-5-13/h4-11,20H,12H2,1-3H3,(H,19,21).